The first-order valence-electron chi connectivity index (χ1n) is 7.50. The third-order valence-corrected chi connectivity index (χ3v) is 3.83. The molecule has 1 aliphatic rings. The van der Waals surface area contributed by atoms with Crippen LogP contribution in [0, 0.1) is 0 Å². The number of amides is 1. The molecule has 0 aliphatic carbocycles. The van der Waals surface area contributed by atoms with Gasteiger partial charge in [-0.25, -0.2) is 14.8 Å². The molecule has 1 N–H and O–H groups in total. The van der Waals surface area contributed by atoms with E-state index in [4.69, 9.17) is 4.74 Å². The molecule has 1 fully saturated rings. The van der Waals surface area contributed by atoms with Gasteiger partial charge in [-0.2, -0.15) is 5.10 Å². The van der Waals surface area contributed by atoms with E-state index in [1.54, 1.807) is 24.1 Å². The van der Waals surface area contributed by atoms with Crippen LogP contribution in [0.15, 0.2) is 12.5 Å². The van der Waals surface area contributed by atoms with Gasteiger partial charge in [0, 0.05) is 26.2 Å². The molecule has 0 aromatic carbocycles. The molecule has 3 rings (SSSR count). The van der Waals surface area contributed by atoms with E-state index < -0.39 is 0 Å². The molecule has 2 aromatic rings. The summed E-state index contributed by atoms with van der Waals surface area (Å²) in [6.45, 7) is 3.79. The molecule has 3 heterocycles. The highest BCUT2D eigenvalue weighted by Crippen LogP contribution is 2.25. The fraction of sp³-hybridized carbons (Fsp3) is 0.571. The summed E-state index contributed by atoms with van der Waals surface area (Å²) < 4.78 is 6.69. The summed E-state index contributed by atoms with van der Waals surface area (Å²) in [6.07, 6.45) is 4.91. The number of hydrogen-bond donors (Lipinski definition) is 1. The van der Waals surface area contributed by atoms with Gasteiger partial charge in [-0.15, -0.1) is 0 Å². The van der Waals surface area contributed by atoms with E-state index in [1.807, 2.05) is 7.05 Å². The van der Waals surface area contributed by atoms with Crippen LogP contribution in [0.5, 0.6) is 0 Å². The monoisotopic (exact) mass is 304 g/mol. The summed E-state index contributed by atoms with van der Waals surface area (Å²) in [5, 5.41) is 8.08. The first-order valence-corrected chi connectivity index (χ1v) is 7.50. The maximum Gasteiger partial charge on any atom is 0.407 e. The van der Waals surface area contributed by atoms with E-state index in [9.17, 15) is 4.79 Å². The van der Waals surface area contributed by atoms with Crippen LogP contribution in [0.25, 0.3) is 11.0 Å². The van der Waals surface area contributed by atoms with Gasteiger partial charge in [0.25, 0.3) is 0 Å². The number of nitrogens with zero attached hydrogens (tertiary/aromatic N) is 5. The Hall–Kier alpha value is -2.38. The zero-order valence-electron chi connectivity index (χ0n) is 12.8. The molecule has 1 aliphatic heterocycles. The van der Waals surface area contributed by atoms with Crippen molar-refractivity contribution in [3.63, 3.8) is 0 Å². The van der Waals surface area contributed by atoms with Crippen molar-refractivity contribution < 1.29 is 9.53 Å². The summed E-state index contributed by atoms with van der Waals surface area (Å²) in [5.41, 5.74) is 0.811. The van der Waals surface area contributed by atoms with Gasteiger partial charge in [-0.3, -0.25) is 4.68 Å². The van der Waals surface area contributed by atoms with Gasteiger partial charge in [0.2, 0.25) is 0 Å². The number of aryl methyl sites for hydroxylation is 1. The second-order valence-electron chi connectivity index (χ2n) is 5.35. The Kier molecular flexibility index (Phi) is 4.08. The standard InChI is InChI=1S/C14H20N6O2/c1-3-22-14(21)18-10-5-4-6-20(8-10)13-11-7-17-19(2)12(11)15-9-16-13/h7,9-10H,3-6,8H2,1-2H3,(H,18,21)/t10-/m0/s1. The second-order valence-corrected chi connectivity index (χ2v) is 5.35. The van der Waals surface area contributed by atoms with Crippen LogP contribution in [0.1, 0.15) is 19.8 Å². The van der Waals surface area contributed by atoms with Crippen molar-refractivity contribution in [3.8, 4) is 0 Å². The van der Waals surface area contributed by atoms with Gasteiger partial charge in [-0.1, -0.05) is 0 Å². The Bertz CT molecular complexity index is 670. The number of fused-ring (bicyclic) bond motifs is 1. The molecule has 1 amide bonds. The number of piperidine rings is 1. The predicted molar refractivity (Wildman–Crippen MR) is 81.7 cm³/mol. The maximum absolute atomic E-state index is 11.6. The molecule has 118 valence electrons. The number of hydrogen-bond acceptors (Lipinski definition) is 6. The minimum Gasteiger partial charge on any atom is -0.450 e. The van der Waals surface area contributed by atoms with Crippen molar-refractivity contribution in [2.45, 2.75) is 25.8 Å². The van der Waals surface area contributed by atoms with E-state index >= 15 is 0 Å². The van der Waals surface area contributed by atoms with Crippen LogP contribution in [-0.4, -0.2) is 51.6 Å². The Morgan fingerprint density at radius 2 is 2.36 bits per heavy atom. The first-order chi connectivity index (χ1) is 10.7. The molecule has 2 aromatic heterocycles. The molecule has 0 saturated carbocycles. The summed E-state index contributed by atoms with van der Waals surface area (Å²) >= 11 is 0. The zero-order chi connectivity index (χ0) is 15.5. The summed E-state index contributed by atoms with van der Waals surface area (Å²) in [5.74, 6) is 0.869. The molecule has 0 unspecified atom stereocenters. The van der Waals surface area contributed by atoms with Gasteiger partial charge in [0.15, 0.2) is 5.65 Å². The van der Waals surface area contributed by atoms with Crippen molar-refractivity contribution >= 4 is 22.9 Å². The van der Waals surface area contributed by atoms with Crippen LogP contribution in [0.2, 0.25) is 0 Å². The molecule has 1 atom stereocenters. The lowest BCUT2D eigenvalue weighted by molar-refractivity contribution is 0.146. The SMILES string of the molecule is CCOC(=O)N[C@H]1CCCN(c2ncnc3c2cnn3C)C1. The first kappa shape index (κ1) is 14.6. The number of carbonyl (C=O) groups is 1. The predicted octanol–water partition coefficient (Wildman–Crippen LogP) is 1.08. The normalized spacial score (nSPS) is 18.5. The number of aromatic nitrogens is 4. The Balaban J connectivity index is 1.77. The summed E-state index contributed by atoms with van der Waals surface area (Å²) in [6, 6.07) is 0.0643. The third-order valence-electron chi connectivity index (χ3n) is 3.83. The number of anilines is 1. The molecule has 22 heavy (non-hydrogen) atoms. The van der Waals surface area contributed by atoms with E-state index in [2.05, 4.69) is 25.3 Å². The Morgan fingerprint density at radius 3 is 3.18 bits per heavy atom. The lowest BCUT2D eigenvalue weighted by Gasteiger charge is -2.33. The highest BCUT2D eigenvalue weighted by Gasteiger charge is 2.24. The lowest BCUT2D eigenvalue weighted by atomic mass is 10.1. The van der Waals surface area contributed by atoms with Gasteiger partial charge < -0.3 is 15.0 Å². The molecule has 1 saturated heterocycles. The topological polar surface area (TPSA) is 85.2 Å². The molecule has 8 heteroatoms. The Labute approximate surface area is 128 Å². The largest absolute Gasteiger partial charge is 0.450 e. The average Bonchev–Trinajstić information content (AvgIpc) is 2.89. The zero-order valence-corrected chi connectivity index (χ0v) is 12.8. The average molecular weight is 304 g/mol. The number of rotatable bonds is 3. The fourth-order valence-electron chi connectivity index (χ4n) is 2.83. The lowest BCUT2D eigenvalue weighted by Crippen LogP contribution is -2.48. The van der Waals surface area contributed by atoms with Gasteiger partial charge >= 0.3 is 6.09 Å². The van der Waals surface area contributed by atoms with Crippen LogP contribution >= 0.6 is 0 Å². The number of carbonyl (C=O) groups excluding carboxylic acids is 1. The van der Waals surface area contributed by atoms with Crippen LogP contribution in [-0.2, 0) is 11.8 Å². The third kappa shape index (κ3) is 2.81. The van der Waals surface area contributed by atoms with Crippen molar-refractivity contribution in [3.05, 3.63) is 12.5 Å². The number of ether oxygens (including phenoxy) is 1. The van der Waals surface area contributed by atoms with Crippen molar-refractivity contribution in [2.24, 2.45) is 7.05 Å². The van der Waals surface area contributed by atoms with Crippen molar-refractivity contribution in [1.82, 2.24) is 25.1 Å². The number of nitrogens with one attached hydrogen (secondary N) is 1. The van der Waals surface area contributed by atoms with Gasteiger partial charge in [-0.05, 0) is 19.8 Å². The number of alkyl carbamates (subject to hydrolysis) is 1. The maximum atomic E-state index is 11.6. The summed E-state index contributed by atoms with van der Waals surface area (Å²) in [7, 11) is 1.86. The van der Waals surface area contributed by atoms with E-state index in [0.717, 1.165) is 36.2 Å². The molecule has 0 bridgehead atoms. The molecule has 0 radical (unpaired) electrons. The van der Waals surface area contributed by atoms with E-state index in [-0.39, 0.29) is 12.1 Å². The molecular weight excluding hydrogens is 284 g/mol. The van der Waals surface area contributed by atoms with Crippen LogP contribution < -0.4 is 10.2 Å². The van der Waals surface area contributed by atoms with Crippen molar-refractivity contribution in [2.75, 3.05) is 24.6 Å². The fourth-order valence-corrected chi connectivity index (χ4v) is 2.83. The van der Waals surface area contributed by atoms with E-state index in [0.29, 0.717) is 13.2 Å². The highest BCUT2D eigenvalue weighted by molar-refractivity contribution is 5.86. The second kappa shape index (κ2) is 6.17. The van der Waals surface area contributed by atoms with Crippen LogP contribution in [0.4, 0.5) is 10.6 Å². The summed E-state index contributed by atoms with van der Waals surface area (Å²) in [4.78, 5) is 22.4. The molecular formula is C14H20N6O2. The van der Waals surface area contributed by atoms with E-state index in [1.165, 1.54) is 0 Å². The quantitative estimate of drug-likeness (QED) is 0.913. The Morgan fingerprint density at radius 1 is 1.50 bits per heavy atom. The van der Waals surface area contributed by atoms with Gasteiger partial charge in [0.05, 0.1) is 18.2 Å². The van der Waals surface area contributed by atoms with Crippen LogP contribution in [0.3, 0.4) is 0 Å². The van der Waals surface area contributed by atoms with Gasteiger partial charge in [0.1, 0.15) is 12.1 Å². The molecule has 8 nitrogen and oxygen atoms in total. The highest BCUT2D eigenvalue weighted by atomic mass is 16.5. The minimum absolute atomic E-state index is 0.0643. The molecule has 0 spiro atoms. The minimum atomic E-state index is -0.358. The van der Waals surface area contributed by atoms with Crippen molar-refractivity contribution in [1.29, 1.82) is 0 Å². The smallest absolute Gasteiger partial charge is 0.407 e.